The number of carbonyl (C=O) groups is 1. The molecule has 0 unspecified atom stereocenters. The van der Waals surface area contributed by atoms with Crippen molar-refractivity contribution in [3.63, 3.8) is 0 Å². The standard InChI is InChI=1S/C19H15F3N4O2/c20-19(21,22)13-5-3-4-12(10-13)11-23-26-17(27)9-8-16-18(28)25-15-7-2-1-6-14(15)24-16/h1-7,10-11H,8-9H2,(H,25,28)(H,26,27)/b23-11-. The van der Waals surface area contributed by atoms with Crippen LogP contribution in [0.5, 0.6) is 0 Å². The van der Waals surface area contributed by atoms with Crippen LogP contribution in [-0.4, -0.2) is 22.1 Å². The molecule has 0 saturated carbocycles. The van der Waals surface area contributed by atoms with E-state index in [2.05, 4.69) is 20.5 Å². The molecule has 1 heterocycles. The molecule has 1 amide bonds. The second kappa shape index (κ2) is 8.03. The summed E-state index contributed by atoms with van der Waals surface area (Å²) in [5.41, 5.74) is 2.68. The topological polar surface area (TPSA) is 87.2 Å². The van der Waals surface area contributed by atoms with Crippen LogP contribution in [0, 0.1) is 0 Å². The number of hydrazone groups is 1. The molecule has 0 spiro atoms. The molecule has 0 aliphatic heterocycles. The first kappa shape index (κ1) is 19.3. The maximum atomic E-state index is 12.7. The van der Waals surface area contributed by atoms with Crippen LogP contribution in [0.2, 0.25) is 0 Å². The van der Waals surface area contributed by atoms with Crippen LogP contribution in [0.15, 0.2) is 58.4 Å². The second-order valence-corrected chi connectivity index (χ2v) is 5.95. The summed E-state index contributed by atoms with van der Waals surface area (Å²) in [6, 6.07) is 11.6. The lowest BCUT2D eigenvalue weighted by Crippen LogP contribution is -2.21. The number of rotatable bonds is 5. The molecule has 0 aliphatic rings. The summed E-state index contributed by atoms with van der Waals surface area (Å²) < 4.78 is 38.0. The van der Waals surface area contributed by atoms with Crippen molar-refractivity contribution in [1.29, 1.82) is 0 Å². The summed E-state index contributed by atoms with van der Waals surface area (Å²) in [5, 5.41) is 3.65. The molecule has 2 aromatic carbocycles. The van der Waals surface area contributed by atoms with Gasteiger partial charge >= 0.3 is 6.18 Å². The number of carbonyl (C=O) groups excluding carboxylic acids is 1. The molecule has 28 heavy (non-hydrogen) atoms. The van der Waals surface area contributed by atoms with Crippen LogP contribution in [-0.2, 0) is 17.4 Å². The Kier molecular flexibility index (Phi) is 5.53. The number of aryl methyl sites for hydroxylation is 1. The number of alkyl halides is 3. The molecule has 1 aromatic heterocycles. The minimum Gasteiger partial charge on any atom is -0.319 e. The van der Waals surface area contributed by atoms with E-state index >= 15 is 0 Å². The third-order valence-corrected chi connectivity index (χ3v) is 3.88. The van der Waals surface area contributed by atoms with Gasteiger partial charge in [0.2, 0.25) is 5.91 Å². The third-order valence-electron chi connectivity index (χ3n) is 3.88. The molecular weight excluding hydrogens is 373 g/mol. The Morgan fingerprint density at radius 1 is 1.18 bits per heavy atom. The fourth-order valence-corrected chi connectivity index (χ4v) is 2.50. The molecule has 2 N–H and O–H groups in total. The molecule has 0 saturated heterocycles. The van der Waals surface area contributed by atoms with Crippen molar-refractivity contribution in [1.82, 2.24) is 15.4 Å². The molecule has 144 valence electrons. The van der Waals surface area contributed by atoms with Crippen LogP contribution < -0.4 is 11.0 Å². The summed E-state index contributed by atoms with van der Waals surface area (Å²) in [7, 11) is 0. The van der Waals surface area contributed by atoms with Crippen molar-refractivity contribution in [3.05, 3.63) is 75.7 Å². The highest BCUT2D eigenvalue weighted by molar-refractivity contribution is 5.82. The van der Waals surface area contributed by atoms with Crippen molar-refractivity contribution in [2.45, 2.75) is 19.0 Å². The average Bonchev–Trinajstić information content (AvgIpc) is 2.66. The highest BCUT2D eigenvalue weighted by atomic mass is 19.4. The zero-order valence-electron chi connectivity index (χ0n) is 14.5. The van der Waals surface area contributed by atoms with Crippen LogP contribution >= 0.6 is 0 Å². The number of aromatic nitrogens is 2. The predicted molar refractivity (Wildman–Crippen MR) is 97.9 cm³/mol. The first-order valence-electron chi connectivity index (χ1n) is 8.30. The summed E-state index contributed by atoms with van der Waals surface area (Å²) in [4.78, 5) is 30.8. The van der Waals surface area contributed by atoms with E-state index in [-0.39, 0.29) is 29.7 Å². The highest BCUT2D eigenvalue weighted by Crippen LogP contribution is 2.29. The number of fused-ring (bicyclic) bond motifs is 1. The number of halogens is 3. The SMILES string of the molecule is O=C(CCc1nc2ccccc2[nH]c1=O)N/N=C\c1cccc(C(F)(F)F)c1. The van der Waals surface area contributed by atoms with Gasteiger partial charge in [-0.3, -0.25) is 9.59 Å². The van der Waals surface area contributed by atoms with Crippen molar-refractivity contribution < 1.29 is 18.0 Å². The van der Waals surface area contributed by atoms with E-state index in [0.29, 0.717) is 11.0 Å². The van der Waals surface area contributed by atoms with Gasteiger partial charge in [0.1, 0.15) is 5.69 Å². The number of H-pyrrole nitrogens is 1. The lowest BCUT2D eigenvalue weighted by Gasteiger charge is -2.06. The number of nitrogens with one attached hydrogen (secondary N) is 2. The normalized spacial score (nSPS) is 11.8. The van der Waals surface area contributed by atoms with Gasteiger partial charge in [-0.25, -0.2) is 10.4 Å². The Morgan fingerprint density at radius 3 is 2.75 bits per heavy atom. The molecule has 0 atom stereocenters. The Morgan fingerprint density at radius 2 is 1.96 bits per heavy atom. The number of nitrogens with zero attached hydrogens (tertiary/aromatic N) is 2. The molecular formula is C19H15F3N4O2. The number of hydrogen-bond donors (Lipinski definition) is 2. The van der Waals surface area contributed by atoms with E-state index in [1.807, 2.05) is 0 Å². The molecule has 0 bridgehead atoms. The van der Waals surface area contributed by atoms with E-state index in [1.165, 1.54) is 12.1 Å². The van der Waals surface area contributed by atoms with E-state index in [9.17, 15) is 22.8 Å². The molecule has 3 aromatic rings. The summed E-state index contributed by atoms with van der Waals surface area (Å²) in [6.45, 7) is 0. The Labute approximate surface area is 157 Å². The fraction of sp³-hybridized carbons (Fsp3) is 0.158. The number of hydrogen-bond acceptors (Lipinski definition) is 4. The monoisotopic (exact) mass is 388 g/mol. The van der Waals surface area contributed by atoms with Gasteiger partial charge in [0.05, 0.1) is 22.8 Å². The quantitative estimate of drug-likeness (QED) is 0.520. The smallest absolute Gasteiger partial charge is 0.319 e. The van der Waals surface area contributed by atoms with Crippen molar-refractivity contribution in [2.75, 3.05) is 0 Å². The first-order chi connectivity index (χ1) is 13.3. The van der Waals surface area contributed by atoms with Gasteiger partial charge in [0.15, 0.2) is 0 Å². The maximum absolute atomic E-state index is 12.7. The summed E-state index contributed by atoms with van der Waals surface area (Å²) in [6.07, 6.45) is -3.28. The van der Waals surface area contributed by atoms with Gasteiger partial charge in [-0.2, -0.15) is 18.3 Å². The summed E-state index contributed by atoms with van der Waals surface area (Å²) >= 11 is 0. The average molecular weight is 388 g/mol. The van der Waals surface area contributed by atoms with E-state index in [1.54, 1.807) is 24.3 Å². The Balaban J connectivity index is 1.59. The van der Waals surface area contributed by atoms with Gasteiger partial charge in [-0.05, 0) is 29.8 Å². The zero-order chi connectivity index (χ0) is 20.1. The largest absolute Gasteiger partial charge is 0.416 e. The minimum absolute atomic E-state index is 0.0473. The lowest BCUT2D eigenvalue weighted by molar-refractivity contribution is -0.137. The van der Waals surface area contributed by atoms with Crippen LogP contribution in [0.4, 0.5) is 13.2 Å². The number of aromatic amines is 1. The fourth-order valence-electron chi connectivity index (χ4n) is 2.50. The van der Waals surface area contributed by atoms with Crippen molar-refractivity contribution in [2.24, 2.45) is 5.10 Å². The number of para-hydroxylation sites is 2. The highest BCUT2D eigenvalue weighted by Gasteiger charge is 2.30. The molecule has 0 fully saturated rings. The van der Waals surface area contributed by atoms with Gasteiger partial charge in [-0.15, -0.1) is 0 Å². The Bertz CT molecular complexity index is 1090. The van der Waals surface area contributed by atoms with Gasteiger partial charge in [-0.1, -0.05) is 24.3 Å². The molecule has 6 nitrogen and oxygen atoms in total. The second-order valence-electron chi connectivity index (χ2n) is 5.95. The van der Waals surface area contributed by atoms with Crippen LogP contribution in [0.25, 0.3) is 11.0 Å². The minimum atomic E-state index is -4.45. The van der Waals surface area contributed by atoms with Crippen molar-refractivity contribution in [3.8, 4) is 0 Å². The zero-order valence-corrected chi connectivity index (χ0v) is 14.5. The van der Waals surface area contributed by atoms with E-state index in [4.69, 9.17) is 0 Å². The van der Waals surface area contributed by atoms with Gasteiger partial charge in [0.25, 0.3) is 5.56 Å². The predicted octanol–water partition coefficient (Wildman–Crippen LogP) is 3.02. The van der Waals surface area contributed by atoms with E-state index < -0.39 is 17.6 Å². The van der Waals surface area contributed by atoms with Crippen molar-refractivity contribution >= 4 is 23.2 Å². The number of amides is 1. The first-order valence-corrected chi connectivity index (χ1v) is 8.30. The van der Waals surface area contributed by atoms with Crippen LogP contribution in [0.1, 0.15) is 23.2 Å². The molecule has 9 heteroatoms. The lowest BCUT2D eigenvalue weighted by atomic mass is 10.1. The van der Waals surface area contributed by atoms with Gasteiger partial charge < -0.3 is 4.98 Å². The maximum Gasteiger partial charge on any atom is 0.416 e. The van der Waals surface area contributed by atoms with Gasteiger partial charge in [0, 0.05) is 12.8 Å². The molecule has 3 rings (SSSR count). The Hall–Kier alpha value is -3.49. The van der Waals surface area contributed by atoms with E-state index in [0.717, 1.165) is 18.3 Å². The third kappa shape index (κ3) is 4.81. The van der Waals surface area contributed by atoms with Crippen LogP contribution in [0.3, 0.4) is 0 Å². The summed E-state index contributed by atoms with van der Waals surface area (Å²) in [5.74, 6) is -0.488. The molecule has 0 aliphatic carbocycles. The number of benzene rings is 2. The molecule has 0 radical (unpaired) electrons.